The molecule has 1 unspecified atom stereocenters. The number of nitrogens with zero attached hydrogens (tertiary/aromatic N) is 3. The van der Waals surface area contributed by atoms with E-state index < -0.39 is 11.8 Å². The molecule has 2 amide bonds. The number of tetrazole rings is 1. The van der Waals surface area contributed by atoms with E-state index in [0.717, 1.165) is 53.5 Å². The van der Waals surface area contributed by atoms with Gasteiger partial charge in [-0.2, -0.15) is 0 Å². The highest BCUT2D eigenvalue weighted by atomic mass is 19.1. The first-order chi connectivity index (χ1) is 20.6. The highest BCUT2D eigenvalue weighted by molar-refractivity contribution is 6.02. The summed E-state index contributed by atoms with van der Waals surface area (Å²) in [5.74, 6) is 1.18. The van der Waals surface area contributed by atoms with Crippen molar-refractivity contribution in [2.45, 2.75) is 37.5 Å². The molecule has 0 saturated heterocycles. The zero-order valence-electron chi connectivity index (χ0n) is 22.8. The number of fused-ring (bicyclic) bond motifs is 1. The van der Waals surface area contributed by atoms with Crippen LogP contribution in [0.5, 0.6) is 5.75 Å². The first-order valence-electron chi connectivity index (χ1n) is 14.2. The van der Waals surface area contributed by atoms with Crippen LogP contribution in [0, 0.1) is 5.82 Å². The van der Waals surface area contributed by atoms with Gasteiger partial charge in [0.2, 0.25) is 0 Å². The van der Waals surface area contributed by atoms with E-state index in [4.69, 9.17) is 4.74 Å². The summed E-state index contributed by atoms with van der Waals surface area (Å²) in [6.45, 7) is 0.517. The summed E-state index contributed by atoms with van der Waals surface area (Å²) in [5, 5.41) is 20.1. The van der Waals surface area contributed by atoms with E-state index in [1.807, 2.05) is 54.6 Å². The fourth-order valence-corrected chi connectivity index (χ4v) is 5.76. The summed E-state index contributed by atoms with van der Waals surface area (Å²) in [6, 6.07) is 26.6. The average molecular weight is 561 g/mol. The van der Waals surface area contributed by atoms with Gasteiger partial charge >= 0.3 is 6.03 Å². The molecule has 1 aliphatic carbocycles. The molecule has 1 fully saturated rings. The molecule has 3 N–H and O–H groups in total. The molecule has 1 saturated carbocycles. The van der Waals surface area contributed by atoms with Gasteiger partial charge in [-0.25, -0.2) is 14.3 Å². The predicted molar refractivity (Wildman–Crippen MR) is 159 cm³/mol. The summed E-state index contributed by atoms with van der Waals surface area (Å²) < 4.78 is 21.2. The lowest BCUT2D eigenvalue weighted by atomic mass is 9.85. The molecule has 0 bridgehead atoms. The Labute approximate surface area is 242 Å². The minimum absolute atomic E-state index is 0.0544. The molecular formula is C33H29FN6O2. The van der Waals surface area contributed by atoms with Gasteiger partial charge in [-0.15, -0.1) is 5.10 Å². The molecular weight excluding hydrogens is 531 g/mol. The lowest BCUT2D eigenvalue weighted by molar-refractivity contribution is 0.261. The van der Waals surface area contributed by atoms with E-state index in [9.17, 15) is 9.18 Å². The van der Waals surface area contributed by atoms with Crippen molar-refractivity contribution in [3.05, 3.63) is 107 Å². The molecule has 9 heteroatoms. The Bertz CT molecular complexity index is 1740. The van der Waals surface area contributed by atoms with E-state index in [1.54, 1.807) is 6.07 Å². The maximum Gasteiger partial charge on any atom is 0.323 e. The minimum Gasteiger partial charge on any atom is -0.491 e. The first-order valence-corrected chi connectivity index (χ1v) is 14.2. The van der Waals surface area contributed by atoms with Crippen molar-refractivity contribution in [2.75, 3.05) is 17.2 Å². The fraction of sp³-hybridized carbons (Fsp3) is 0.212. The third-order valence-corrected chi connectivity index (χ3v) is 7.96. The van der Waals surface area contributed by atoms with E-state index in [1.165, 1.54) is 11.6 Å². The number of H-pyrrole nitrogens is 1. The molecule has 1 aliphatic heterocycles. The van der Waals surface area contributed by atoms with Gasteiger partial charge in [0, 0.05) is 17.0 Å². The van der Waals surface area contributed by atoms with Crippen LogP contribution in [0.1, 0.15) is 54.2 Å². The van der Waals surface area contributed by atoms with Crippen LogP contribution in [0.4, 0.5) is 20.6 Å². The highest BCUT2D eigenvalue weighted by Crippen LogP contribution is 2.46. The smallest absolute Gasteiger partial charge is 0.323 e. The van der Waals surface area contributed by atoms with Gasteiger partial charge in [-0.05, 0) is 88.5 Å². The van der Waals surface area contributed by atoms with E-state index in [-0.39, 0.29) is 11.6 Å². The van der Waals surface area contributed by atoms with Crippen LogP contribution in [0.25, 0.3) is 22.5 Å². The SMILES string of the molecule is O=C(Nc1ccc(C2CC2)cc1F)Nc1cc(-c2ccccc2-c2nnn[nH]2)cc2c1OCCCC2c1ccccc1. The maximum atomic E-state index is 14.9. The van der Waals surface area contributed by atoms with E-state index in [2.05, 4.69) is 49.5 Å². The van der Waals surface area contributed by atoms with Gasteiger partial charge in [-0.3, -0.25) is 0 Å². The van der Waals surface area contributed by atoms with Crippen LogP contribution in [0.15, 0.2) is 84.9 Å². The number of nitrogens with one attached hydrogen (secondary N) is 3. The summed E-state index contributed by atoms with van der Waals surface area (Å²) in [4.78, 5) is 13.3. The second kappa shape index (κ2) is 11.1. The van der Waals surface area contributed by atoms with Crippen LogP contribution >= 0.6 is 0 Å². The van der Waals surface area contributed by atoms with Crippen LogP contribution in [-0.2, 0) is 0 Å². The predicted octanol–water partition coefficient (Wildman–Crippen LogP) is 7.50. The number of aromatic nitrogens is 4. The first kappa shape index (κ1) is 25.9. The Hall–Kier alpha value is -5.05. The molecule has 8 nitrogen and oxygen atoms in total. The lowest BCUT2D eigenvalue weighted by Crippen LogP contribution is -2.21. The standard InChI is InChI=1S/C33H29FN6O2/c34-28-18-22(20-12-13-20)14-15-29(28)35-33(41)36-30-19-23(25-9-4-5-10-26(25)32-37-39-40-38-32)17-27-24(11-6-16-42-31(27)30)21-7-2-1-3-8-21/h1-5,7-10,14-15,17-20,24H,6,11-13,16H2,(H2,35,36,41)(H,37,38,39,40). The van der Waals surface area contributed by atoms with Crippen molar-refractivity contribution in [3.8, 4) is 28.3 Å². The third kappa shape index (κ3) is 5.21. The number of amides is 2. The van der Waals surface area contributed by atoms with Crippen LogP contribution < -0.4 is 15.4 Å². The number of hydrogen-bond donors (Lipinski definition) is 3. The van der Waals surface area contributed by atoms with Gasteiger partial charge in [0.05, 0.1) is 18.0 Å². The number of anilines is 2. The van der Waals surface area contributed by atoms with Crippen molar-refractivity contribution in [2.24, 2.45) is 0 Å². The number of aromatic amines is 1. The number of urea groups is 1. The number of carbonyl (C=O) groups excluding carboxylic acids is 1. The average Bonchev–Trinajstić information content (AvgIpc) is 3.77. The summed E-state index contributed by atoms with van der Waals surface area (Å²) in [5.41, 5.74) is 6.31. The van der Waals surface area contributed by atoms with Crippen molar-refractivity contribution >= 4 is 17.4 Å². The number of hydrogen-bond acceptors (Lipinski definition) is 5. The largest absolute Gasteiger partial charge is 0.491 e. The molecule has 42 heavy (non-hydrogen) atoms. The second-order valence-corrected chi connectivity index (χ2v) is 10.8. The third-order valence-electron chi connectivity index (χ3n) is 7.96. The second-order valence-electron chi connectivity index (χ2n) is 10.8. The van der Waals surface area contributed by atoms with Gasteiger partial charge in [0.15, 0.2) is 5.82 Å². The Morgan fingerprint density at radius 2 is 1.64 bits per heavy atom. The highest BCUT2D eigenvalue weighted by Gasteiger charge is 2.27. The molecule has 210 valence electrons. The number of halogens is 1. The van der Waals surface area contributed by atoms with Gasteiger partial charge in [-0.1, -0.05) is 60.7 Å². The molecule has 1 aromatic heterocycles. The molecule has 0 spiro atoms. The summed E-state index contributed by atoms with van der Waals surface area (Å²) in [6.07, 6.45) is 3.90. The zero-order valence-corrected chi connectivity index (χ0v) is 22.8. The van der Waals surface area contributed by atoms with E-state index >= 15 is 0 Å². The topological polar surface area (TPSA) is 105 Å². The van der Waals surface area contributed by atoms with Crippen molar-refractivity contribution in [3.63, 3.8) is 0 Å². The normalized spacial score (nSPS) is 16.2. The molecule has 0 radical (unpaired) electrons. The van der Waals surface area contributed by atoms with Crippen molar-refractivity contribution in [1.82, 2.24) is 20.6 Å². The Morgan fingerprint density at radius 3 is 2.40 bits per heavy atom. The quantitative estimate of drug-likeness (QED) is 0.199. The van der Waals surface area contributed by atoms with Crippen molar-refractivity contribution < 1.29 is 13.9 Å². The minimum atomic E-state index is -0.552. The lowest BCUT2D eigenvalue weighted by Gasteiger charge is -2.22. The molecule has 1 atom stereocenters. The summed E-state index contributed by atoms with van der Waals surface area (Å²) in [7, 11) is 0. The number of ether oxygens (including phenoxy) is 1. The van der Waals surface area contributed by atoms with Crippen molar-refractivity contribution in [1.29, 1.82) is 0 Å². The van der Waals surface area contributed by atoms with Gasteiger partial charge < -0.3 is 15.4 Å². The molecule has 4 aromatic carbocycles. The number of carbonyl (C=O) groups is 1. The van der Waals surface area contributed by atoms with Crippen LogP contribution in [0.3, 0.4) is 0 Å². The van der Waals surface area contributed by atoms with Crippen LogP contribution in [-0.4, -0.2) is 33.3 Å². The maximum absolute atomic E-state index is 14.9. The Morgan fingerprint density at radius 1 is 0.857 bits per heavy atom. The Kier molecular flexibility index (Phi) is 6.83. The Balaban J connectivity index is 1.30. The molecule has 7 rings (SSSR count). The van der Waals surface area contributed by atoms with E-state index in [0.29, 0.717) is 29.8 Å². The number of benzene rings is 4. The van der Waals surface area contributed by atoms with Gasteiger partial charge in [0.1, 0.15) is 11.6 Å². The zero-order chi connectivity index (χ0) is 28.5. The fourth-order valence-electron chi connectivity index (χ4n) is 5.76. The molecule has 2 heterocycles. The van der Waals surface area contributed by atoms with Gasteiger partial charge in [0.25, 0.3) is 0 Å². The van der Waals surface area contributed by atoms with Crippen LogP contribution in [0.2, 0.25) is 0 Å². The molecule has 5 aromatic rings. The summed E-state index contributed by atoms with van der Waals surface area (Å²) >= 11 is 0. The monoisotopic (exact) mass is 560 g/mol. The molecule has 2 aliphatic rings. The number of rotatable bonds is 6.